The van der Waals surface area contributed by atoms with Crippen LogP contribution in [0.2, 0.25) is 0 Å². The molecule has 0 bridgehead atoms. The van der Waals surface area contributed by atoms with Crippen LogP contribution in [0.15, 0.2) is 24.3 Å². The number of nitrogen functional groups attached to an aromatic ring is 1. The minimum atomic E-state index is 0.118. The fourth-order valence-corrected chi connectivity index (χ4v) is 2.04. The number of fused-ring (bicyclic) bond motifs is 3. The van der Waals surface area contributed by atoms with Crippen LogP contribution in [0.5, 0.6) is 5.75 Å². The molecule has 2 aromatic heterocycles. The number of pyridine rings is 1. The molecule has 1 aromatic carbocycles. The SMILES string of the molecule is NCc1nc2cccc(O)c2c2nnc(N)cc12. The molecule has 0 atom stereocenters. The first-order chi connectivity index (χ1) is 8.70. The van der Waals surface area contributed by atoms with E-state index in [9.17, 15) is 5.11 Å². The van der Waals surface area contributed by atoms with E-state index in [1.54, 1.807) is 24.3 Å². The molecular formula is C12H11N5O. The van der Waals surface area contributed by atoms with Gasteiger partial charge < -0.3 is 16.6 Å². The number of rotatable bonds is 1. The Balaban J connectivity index is 2.59. The molecule has 5 N–H and O–H groups in total. The lowest BCUT2D eigenvalue weighted by molar-refractivity contribution is 0.482. The van der Waals surface area contributed by atoms with Gasteiger partial charge in [0.05, 0.1) is 16.6 Å². The second kappa shape index (κ2) is 3.78. The number of nitrogens with zero attached hydrogens (tertiary/aromatic N) is 3. The monoisotopic (exact) mass is 241 g/mol. The normalized spacial score (nSPS) is 11.2. The Kier molecular flexibility index (Phi) is 2.24. The summed E-state index contributed by atoms with van der Waals surface area (Å²) in [7, 11) is 0. The van der Waals surface area contributed by atoms with E-state index < -0.39 is 0 Å². The summed E-state index contributed by atoms with van der Waals surface area (Å²) in [5, 5.41) is 19.1. The third-order valence-electron chi connectivity index (χ3n) is 2.83. The molecule has 0 aliphatic carbocycles. The first-order valence-electron chi connectivity index (χ1n) is 5.44. The van der Waals surface area contributed by atoms with Gasteiger partial charge in [-0.1, -0.05) is 6.07 Å². The van der Waals surface area contributed by atoms with Gasteiger partial charge in [-0.2, -0.15) is 0 Å². The molecule has 3 rings (SSSR count). The molecule has 0 spiro atoms. The number of aromatic nitrogens is 3. The Morgan fingerprint density at radius 3 is 2.83 bits per heavy atom. The number of anilines is 1. The van der Waals surface area contributed by atoms with Crippen molar-refractivity contribution in [3.63, 3.8) is 0 Å². The lowest BCUT2D eigenvalue weighted by Crippen LogP contribution is -2.04. The zero-order valence-corrected chi connectivity index (χ0v) is 9.46. The summed E-state index contributed by atoms with van der Waals surface area (Å²) >= 11 is 0. The van der Waals surface area contributed by atoms with E-state index in [-0.39, 0.29) is 12.3 Å². The van der Waals surface area contributed by atoms with Crippen molar-refractivity contribution in [2.24, 2.45) is 5.73 Å². The molecule has 2 heterocycles. The molecule has 0 fully saturated rings. The third-order valence-corrected chi connectivity index (χ3v) is 2.83. The molecule has 90 valence electrons. The second-order valence-electron chi connectivity index (χ2n) is 3.97. The molecule has 18 heavy (non-hydrogen) atoms. The number of nitrogens with two attached hydrogens (primary N) is 2. The van der Waals surface area contributed by atoms with Gasteiger partial charge in [-0.05, 0) is 18.2 Å². The van der Waals surface area contributed by atoms with Crippen molar-refractivity contribution >= 4 is 27.6 Å². The van der Waals surface area contributed by atoms with Crippen molar-refractivity contribution in [3.05, 3.63) is 30.0 Å². The molecule has 0 aliphatic rings. The summed E-state index contributed by atoms with van der Waals surface area (Å²) in [5.41, 5.74) is 13.2. The van der Waals surface area contributed by atoms with Crippen LogP contribution in [0.4, 0.5) is 5.82 Å². The number of phenolic OH excluding ortho intramolecular Hbond substituents is 1. The molecular weight excluding hydrogens is 230 g/mol. The van der Waals surface area contributed by atoms with E-state index in [0.29, 0.717) is 27.9 Å². The minimum absolute atomic E-state index is 0.118. The Morgan fingerprint density at radius 2 is 2.06 bits per heavy atom. The van der Waals surface area contributed by atoms with Crippen molar-refractivity contribution in [2.75, 3.05) is 5.73 Å². The number of aromatic hydroxyl groups is 1. The van der Waals surface area contributed by atoms with E-state index in [0.717, 1.165) is 5.39 Å². The minimum Gasteiger partial charge on any atom is -0.507 e. The fraction of sp³-hybridized carbons (Fsp3) is 0.0833. The highest BCUT2D eigenvalue weighted by atomic mass is 16.3. The molecule has 6 nitrogen and oxygen atoms in total. The summed E-state index contributed by atoms with van der Waals surface area (Å²) in [6.45, 7) is 0.271. The molecule has 0 aliphatic heterocycles. The van der Waals surface area contributed by atoms with Crippen LogP contribution >= 0.6 is 0 Å². The number of benzene rings is 1. The molecule has 0 saturated heterocycles. The smallest absolute Gasteiger partial charge is 0.146 e. The maximum Gasteiger partial charge on any atom is 0.146 e. The predicted molar refractivity (Wildman–Crippen MR) is 68.8 cm³/mol. The van der Waals surface area contributed by atoms with Crippen LogP contribution in [0.3, 0.4) is 0 Å². The van der Waals surface area contributed by atoms with Gasteiger partial charge in [-0.25, -0.2) is 0 Å². The zero-order chi connectivity index (χ0) is 12.7. The maximum absolute atomic E-state index is 9.93. The third kappa shape index (κ3) is 1.43. The molecule has 3 aromatic rings. The maximum atomic E-state index is 9.93. The summed E-state index contributed by atoms with van der Waals surface area (Å²) < 4.78 is 0. The van der Waals surface area contributed by atoms with Gasteiger partial charge in [0.2, 0.25) is 0 Å². The Hall–Kier alpha value is -2.47. The van der Waals surface area contributed by atoms with Crippen molar-refractivity contribution in [2.45, 2.75) is 6.54 Å². The summed E-state index contributed by atoms with van der Waals surface area (Å²) in [4.78, 5) is 4.42. The van der Waals surface area contributed by atoms with Gasteiger partial charge in [0.15, 0.2) is 0 Å². The highest BCUT2D eigenvalue weighted by molar-refractivity contribution is 6.07. The second-order valence-corrected chi connectivity index (χ2v) is 3.97. The average molecular weight is 241 g/mol. The highest BCUT2D eigenvalue weighted by Gasteiger charge is 2.12. The van der Waals surface area contributed by atoms with Crippen LogP contribution in [-0.4, -0.2) is 20.3 Å². The summed E-state index contributed by atoms with van der Waals surface area (Å²) in [5.74, 6) is 0.418. The number of hydrogen-bond acceptors (Lipinski definition) is 6. The highest BCUT2D eigenvalue weighted by Crippen LogP contribution is 2.31. The van der Waals surface area contributed by atoms with Gasteiger partial charge in [-0.3, -0.25) is 4.98 Å². The van der Waals surface area contributed by atoms with Gasteiger partial charge >= 0.3 is 0 Å². The summed E-state index contributed by atoms with van der Waals surface area (Å²) in [6, 6.07) is 6.78. The number of hydrogen-bond donors (Lipinski definition) is 3. The van der Waals surface area contributed by atoms with Crippen LogP contribution in [0, 0.1) is 0 Å². The Bertz CT molecular complexity index is 756. The molecule has 0 unspecified atom stereocenters. The topological polar surface area (TPSA) is 111 Å². The quantitative estimate of drug-likeness (QED) is 0.546. The first kappa shape index (κ1) is 10.7. The van der Waals surface area contributed by atoms with Crippen molar-refractivity contribution in [3.8, 4) is 5.75 Å². The molecule has 0 saturated carbocycles. The van der Waals surface area contributed by atoms with E-state index in [2.05, 4.69) is 15.2 Å². The van der Waals surface area contributed by atoms with Gasteiger partial charge in [0.25, 0.3) is 0 Å². The standard InChI is InChI=1S/C12H11N5O/c13-5-8-6-4-10(14)16-17-12(6)11-7(15-8)2-1-3-9(11)18/h1-4,18H,5,13H2,(H2,14,16). The summed E-state index contributed by atoms with van der Waals surface area (Å²) in [6.07, 6.45) is 0. The van der Waals surface area contributed by atoms with Crippen molar-refractivity contribution in [1.82, 2.24) is 15.2 Å². The van der Waals surface area contributed by atoms with Crippen molar-refractivity contribution < 1.29 is 5.11 Å². The lowest BCUT2D eigenvalue weighted by atomic mass is 10.1. The zero-order valence-electron chi connectivity index (χ0n) is 9.46. The van der Waals surface area contributed by atoms with E-state index in [4.69, 9.17) is 11.5 Å². The van der Waals surface area contributed by atoms with E-state index >= 15 is 0 Å². The fourth-order valence-electron chi connectivity index (χ4n) is 2.04. The Labute approximate surface area is 102 Å². The van der Waals surface area contributed by atoms with Crippen LogP contribution < -0.4 is 11.5 Å². The van der Waals surface area contributed by atoms with Crippen LogP contribution in [0.1, 0.15) is 5.69 Å². The number of phenols is 1. The van der Waals surface area contributed by atoms with E-state index in [1.165, 1.54) is 0 Å². The van der Waals surface area contributed by atoms with Gasteiger partial charge in [-0.15, -0.1) is 10.2 Å². The van der Waals surface area contributed by atoms with Gasteiger partial charge in [0.1, 0.15) is 17.1 Å². The van der Waals surface area contributed by atoms with E-state index in [1.807, 2.05) is 0 Å². The first-order valence-corrected chi connectivity index (χ1v) is 5.44. The van der Waals surface area contributed by atoms with Crippen molar-refractivity contribution in [1.29, 1.82) is 0 Å². The van der Waals surface area contributed by atoms with Crippen LogP contribution in [0.25, 0.3) is 21.8 Å². The lowest BCUT2D eigenvalue weighted by Gasteiger charge is -2.08. The molecule has 0 radical (unpaired) electrons. The van der Waals surface area contributed by atoms with Gasteiger partial charge in [0, 0.05) is 11.9 Å². The largest absolute Gasteiger partial charge is 0.507 e. The van der Waals surface area contributed by atoms with Crippen LogP contribution in [-0.2, 0) is 6.54 Å². The molecule has 0 amide bonds. The average Bonchev–Trinajstić information content (AvgIpc) is 2.37. The Morgan fingerprint density at radius 1 is 1.22 bits per heavy atom. The predicted octanol–water partition coefficient (Wildman–Crippen LogP) is 0.925. The molecule has 6 heteroatoms.